The van der Waals surface area contributed by atoms with E-state index in [0.29, 0.717) is 12.3 Å². The van der Waals surface area contributed by atoms with Gasteiger partial charge >= 0.3 is 0 Å². The van der Waals surface area contributed by atoms with Gasteiger partial charge in [0.05, 0.1) is 0 Å². The second kappa shape index (κ2) is 8.04. The largest absolute Gasteiger partial charge is 0.353 e. The maximum atomic E-state index is 12.0. The van der Waals surface area contributed by atoms with Gasteiger partial charge in [0.1, 0.15) is 6.04 Å². The first-order valence-electron chi connectivity index (χ1n) is 6.74. The number of thiol groups is 1. The molecule has 0 spiro atoms. The number of carbonyl (C=O) groups is 2. The maximum Gasteiger partial charge on any atom is 0.243 e. The van der Waals surface area contributed by atoms with E-state index in [9.17, 15) is 9.59 Å². The molecule has 0 bridgehead atoms. The molecule has 4 nitrogen and oxygen atoms in total. The van der Waals surface area contributed by atoms with Crippen LogP contribution in [0.2, 0.25) is 0 Å². The van der Waals surface area contributed by atoms with E-state index >= 15 is 0 Å². The topological polar surface area (TPSA) is 58.2 Å². The van der Waals surface area contributed by atoms with Gasteiger partial charge in [-0.05, 0) is 19.1 Å². The third-order valence-electron chi connectivity index (χ3n) is 3.66. The fourth-order valence-corrected chi connectivity index (χ4v) is 3.63. The highest BCUT2D eigenvalue weighted by atomic mass is 32.2. The molecule has 1 aliphatic rings. The minimum Gasteiger partial charge on any atom is -0.353 e. The average Bonchev–Trinajstić information content (AvgIpc) is 2.43. The van der Waals surface area contributed by atoms with Crippen molar-refractivity contribution in [1.29, 1.82) is 0 Å². The van der Waals surface area contributed by atoms with Gasteiger partial charge in [0, 0.05) is 24.0 Å². The van der Waals surface area contributed by atoms with Crippen LogP contribution in [-0.4, -0.2) is 41.2 Å². The van der Waals surface area contributed by atoms with Crippen LogP contribution in [0.3, 0.4) is 0 Å². The number of hydrogen-bond donors (Lipinski definition) is 3. The molecule has 19 heavy (non-hydrogen) atoms. The minimum absolute atomic E-state index is 0.135. The number of hydrogen-bond acceptors (Lipinski definition) is 4. The molecule has 0 saturated heterocycles. The predicted molar refractivity (Wildman–Crippen MR) is 83.8 cm³/mol. The summed E-state index contributed by atoms with van der Waals surface area (Å²) in [6.45, 7) is 2.09. The lowest BCUT2D eigenvalue weighted by atomic mass is 9.88. The first kappa shape index (κ1) is 16.7. The highest BCUT2D eigenvalue weighted by Crippen LogP contribution is 2.37. The molecule has 1 fully saturated rings. The third-order valence-corrected chi connectivity index (χ3v) is 5.44. The molecule has 1 saturated carbocycles. The van der Waals surface area contributed by atoms with Gasteiger partial charge < -0.3 is 10.6 Å². The highest BCUT2D eigenvalue weighted by Gasteiger charge is 2.32. The lowest BCUT2D eigenvalue weighted by Gasteiger charge is -2.36. The van der Waals surface area contributed by atoms with Crippen LogP contribution in [0.15, 0.2) is 0 Å². The summed E-state index contributed by atoms with van der Waals surface area (Å²) in [6.07, 6.45) is 8.18. The SMILES string of the molecule is CSC1(CNC(=O)C(CS)NC(C)=O)CCCCC1. The second-order valence-electron chi connectivity index (χ2n) is 5.10. The van der Waals surface area contributed by atoms with Crippen molar-refractivity contribution in [3.8, 4) is 0 Å². The molecule has 0 heterocycles. The lowest BCUT2D eigenvalue weighted by Crippen LogP contribution is -2.51. The quantitative estimate of drug-likeness (QED) is 0.653. The van der Waals surface area contributed by atoms with Crippen LogP contribution in [0, 0.1) is 0 Å². The van der Waals surface area contributed by atoms with Gasteiger partial charge in [0.25, 0.3) is 0 Å². The van der Waals surface area contributed by atoms with E-state index in [0.717, 1.165) is 12.8 Å². The molecule has 6 heteroatoms. The summed E-state index contributed by atoms with van der Waals surface area (Å²) in [7, 11) is 0. The Morgan fingerprint density at radius 3 is 2.42 bits per heavy atom. The van der Waals surface area contributed by atoms with Crippen molar-refractivity contribution in [2.24, 2.45) is 0 Å². The van der Waals surface area contributed by atoms with Gasteiger partial charge in [0.2, 0.25) is 11.8 Å². The molecule has 2 amide bonds. The van der Waals surface area contributed by atoms with Crippen LogP contribution >= 0.6 is 24.4 Å². The molecule has 0 aromatic carbocycles. The van der Waals surface area contributed by atoms with Gasteiger partial charge in [-0.15, -0.1) is 0 Å². The zero-order valence-electron chi connectivity index (χ0n) is 11.7. The van der Waals surface area contributed by atoms with Crippen molar-refractivity contribution < 1.29 is 9.59 Å². The Morgan fingerprint density at radius 2 is 1.95 bits per heavy atom. The molecule has 0 aromatic rings. The Labute approximate surface area is 125 Å². The molecule has 1 aliphatic carbocycles. The zero-order chi connectivity index (χ0) is 14.3. The summed E-state index contributed by atoms with van der Waals surface area (Å²) in [5.74, 6) is -0.0202. The van der Waals surface area contributed by atoms with Crippen molar-refractivity contribution in [3.05, 3.63) is 0 Å². The maximum absolute atomic E-state index is 12.0. The van der Waals surface area contributed by atoms with Crippen LogP contribution in [0.25, 0.3) is 0 Å². The van der Waals surface area contributed by atoms with Gasteiger partial charge in [-0.1, -0.05) is 19.3 Å². The highest BCUT2D eigenvalue weighted by molar-refractivity contribution is 8.00. The summed E-state index contributed by atoms with van der Waals surface area (Å²) in [4.78, 5) is 23.0. The monoisotopic (exact) mass is 304 g/mol. The van der Waals surface area contributed by atoms with Crippen LogP contribution in [-0.2, 0) is 9.59 Å². The third kappa shape index (κ3) is 5.26. The van der Waals surface area contributed by atoms with E-state index in [1.54, 1.807) is 0 Å². The first-order chi connectivity index (χ1) is 9.03. The fourth-order valence-electron chi connectivity index (χ4n) is 2.46. The van der Waals surface area contributed by atoms with E-state index < -0.39 is 6.04 Å². The molecule has 0 radical (unpaired) electrons. The average molecular weight is 304 g/mol. The Balaban J connectivity index is 2.48. The van der Waals surface area contributed by atoms with Crippen molar-refractivity contribution in [2.45, 2.75) is 49.8 Å². The number of thioether (sulfide) groups is 1. The van der Waals surface area contributed by atoms with Gasteiger partial charge in [-0.2, -0.15) is 24.4 Å². The second-order valence-corrected chi connectivity index (χ2v) is 6.74. The van der Waals surface area contributed by atoms with Crippen molar-refractivity contribution in [2.75, 3.05) is 18.6 Å². The Morgan fingerprint density at radius 1 is 1.32 bits per heavy atom. The summed E-state index contributed by atoms with van der Waals surface area (Å²) >= 11 is 5.96. The molecule has 0 aliphatic heterocycles. The molecule has 2 N–H and O–H groups in total. The van der Waals surface area contributed by atoms with E-state index in [1.807, 2.05) is 11.8 Å². The normalized spacial score (nSPS) is 19.5. The van der Waals surface area contributed by atoms with Crippen molar-refractivity contribution in [3.63, 3.8) is 0 Å². The van der Waals surface area contributed by atoms with Crippen LogP contribution in [0.1, 0.15) is 39.0 Å². The summed E-state index contributed by atoms with van der Waals surface area (Å²) in [6, 6.07) is -0.539. The van der Waals surface area contributed by atoms with Crippen LogP contribution in [0.4, 0.5) is 0 Å². The van der Waals surface area contributed by atoms with Crippen molar-refractivity contribution >= 4 is 36.2 Å². The molecule has 110 valence electrons. The van der Waals surface area contributed by atoms with E-state index in [-0.39, 0.29) is 16.6 Å². The van der Waals surface area contributed by atoms with Gasteiger partial charge in [-0.25, -0.2) is 0 Å². The molecular formula is C13H24N2O2S2. The van der Waals surface area contributed by atoms with E-state index in [2.05, 4.69) is 29.5 Å². The number of amides is 2. The predicted octanol–water partition coefficient (Wildman–Crippen LogP) is 1.60. The summed E-state index contributed by atoms with van der Waals surface area (Å²) in [5, 5.41) is 5.59. The number of nitrogens with one attached hydrogen (secondary N) is 2. The van der Waals surface area contributed by atoms with Gasteiger partial charge in [0.15, 0.2) is 0 Å². The van der Waals surface area contributed by atoms with Crippen LogP contribution < -0.4 is 10.6 Å². The Hall–Kier alpha value is -0.360. The molecular weight excluding hydrogens is 280 g/mol. The molecule has 0 aromatic heterocycles. The zero-order valence-corrected chi connectivity index (χ0v) is 13.4. The van der Waals surface area contributed by atoms with E-state index in [1.165, 1.54) is 26.2 Å². The minimum atomic E-state index is -0.539. The lowest BCUT2D eigenvalue weighted by molar-refractivity contribution is -0.127. The van der Waals surface area contributed by atoms with Gasteiger partial charge in [-0.3, -0.25) is 9.59 Å². The molecule has 1 atom stereocenters. The Kier molecular flexibility index (Phi) is 7.07. The summed E-state index contributed by atoms with van der Waals surface area (Å²) in [5.41, 5.74) is 0. The summed E-state index contributed by atoms with van der Waals surface area (Å²) < 4.78 is 0.172. The van der Waals surface area contributed by atoms with E-state index in [4.69, 9.17) is 0 Å². The number of rotatable bonds is 6. The first-order valence-corrected chi connectivity index (χ1v) is 8.59. The molecule has 1 rings (SSSR count). The standard InChI is InChI=1S/C13H24N2O2S2/c1-10(16)15-11(8-18)12(17)14-9-13(19-2)6-4-3-5-7-13/h11,18H,3-9H2,1-2H3,(H,14,17)(H,15,16). The molecule has 1 unspecified atom stereocenters. The smallest absolute Gasteiger partial charge is 0.243 e. The number of carbonyl (C=O) groups excluding carboxylic acids is 2. The van der Waals surface area contributed by atoms with Crippen molar-refractivity contribution in [1.82, 2.24) is 10.6 Å². The van der Waals surface area contributed by atoms with Crippen LogP contribution in [0.5, 0.6) is 0 Å². The fraction of sp³-hybridized carbons (Fsp3) is 0.846. The Bertz CT molecular complexity index is 318.